The lowest BCUT2D eigenvalue weighted by atomic mass is 9.92. The molecule has 0 radical (unpaired) electrons. The molecule has 2 fully saturated rings. The Bertz CT molecular complexity index is 188. The van der Waals surface area contributed by atoms with E-state index in [9.17, 15) is 0 Å². The molecule has 88 valence electrons. The highest BCUT2D eigenvalue weighted by Crippen LogP contribution is 2.38. The van der Waals surface area contributed by atoms with Crippen molar-refractivity contribution in [2.75, 3.05) is 26.9 Å². The van der Waals surface area contributed by atoms with E-state index < -0.39 is 0 Å². The lowest BCUT2D eigenvalue weighted by Crippen LogP contribution is -2.46. The van der Waals surface area contributed by atoms with Gasteiger partial charge in [0.1, 0.15) is 0 Å². The van der Waals surface area contributed by atoms with E-state index in [1.165, 1.54) is 19.3 Å². The minimum atomic E-state index is 0.409. The molecule has 3 unspecified atom stereocenters. The van der Waals surface area contributed by atoms with E-state index in [-0.39, 0.29) is 0 Å². The summed E-state index contributed by atoms with van der Waals surface area (Å²) in [5.74, 6) is 1.44. The molecule has 3 nitrogen and oxygen atoms in total. The number of rotatable bonds is 6. The summed E-state index contributed by atoms with van der Waals surface area (Å²) in [6.07, 6.45) is 4.28. The molecule has 1 saturated carbocycles. The van der Waals surface area contributed by atoms with Gasteiger partial charge in [-0.05, 0) is 39.2 Å². The fraction of sp³-hybridized carbons (Fsp3) is 1.00. The van der Waals surface area contributed by atoms with Gasteiger partial charge in [0.2, 0.25) is 0 Å². The third kappa shape index (κ3) is 2.71. The van der Waals surface area contributed by atoms with Crippen LogP contribution in [0.4, 0.5) is 0 Å². The highest BCUT2D eigenvalue weighted by Gasteiger charge is 2.40. The van der Waals surface area contributed by atoms with Crippen LogP contribution < -0.4 is 5.32 Å². The van der Waals surface area contributed by atoms with Crippen LogP contribution in [0.2, 0.25) is 0 Å². The Balaban J connectivity index is 1.94. The van der Waals surface area contributed by atoms with Crippen molar-refractivity contribution < 1.29 is 9.47 Å². The number of ether oxygens (including phenoxy) is 2. The number of hydrogen-bond acceptors (Lipinski definition) is 3. The molecule has 3 heteroatoms. The van der Waals surface area contributed by atoms with Gasteiger partial charge < -0.3 is 14.8 Å². The molecule has 1 aliphatic carbocycles. The summed E-state index contributed by atoms with van der Waals surface area (Å²) in [6, 6.07) is 0.486. The molecule has 2 rings (SSSR count). The summed E-state index contributed by atoms with van der Waals surface area (Å²) in [4.78, 5) is 0. The van der Waals surface area contributed by atoms with Crippen LogP contribution in [0.3, 0.4) is 0 Å². The van der Waals surface area contributed by atoms with Gasteiger partial charge in [0.25, 0.3) is 0 Å². The standard InChI is InChI=1S/C12H23NO2/c1-3-15-12(9-4-5-9)11(13-2)10-6-7-14-8-10/h9-13H,3-8H2,1-2H3. The monoisotopic (exact) mass is 213 g/mol. The van der Waals surface area contributed by atoms with Gasteiger partial charge in [0.05, 0.1) is 12.7 Å². The van der Waals surface area contributed by atoms with Crippen LogP contribution >= 0.6 is 0 Å². The van der Waals surface area contributed by atoms with Crippen LogP contribution in [0.1, 0.15) is 26.2 Å². The van der Waals surface area contributed by atoms with Gasteiger partial charge in [-0.15, -0.1) is 0 Å². The zero-order valence-electron chi connectivity index (χ0n) is 9.87. The minimum absolute atomic E-state index is 0.409. The molecule has 0 aromatic heterocycles. The number of nitrogens with one attached hydrogen (secondary N) is 1. The lowest BCUT2D eigenvalue weighted by molar-refractivity contribution is 0.00347. The van der Waals surface area contributed by atoms with E-state index in [4.69, 9.17) is 9.47 Å². The zero-order valence-corrected chi connectivity index (χ0v) is 9.87. The average molecular weight is 213 g/mol. The molecule has 3 atom stereocenters. The fourth-order valence-corrected chi connectivity index (χ4v) is 2.65. The molecule has 15 heavy (non-hydrogen) atoms. The molecule has 1 N–H and O–H groups in total. The van der Waals surface area contributed by atoms with Crippen LogP contribution in [-0.2, 0) is 9.47 Å². The maximum atomic E-state index is 5.91. The molecule has 0 aromatic rings. The van der Waals surface area contributed by atoms with Crippen molar-refractivity contribution in [3.05, 3.63) is 0 Å². The quantitative estimate of drug-likeness (QED) is 0.724. The highest BCUT2D eigenvalue weighted by atomic mass is 16.5. The summed E-state index contributed by atoms with van der Waals surface area (Å²) in [5, 5.41) is 3.45. The second-order valence-electron chi connectivity index (χ2n) is 4.70. The molecule has 0 aromatic carbocycles. The number of likely N-dealkylation sites (N-methyl/N-ethyl adjacent to an activating group) is 1. The Hall–Kier alpha value is -0.120. The van der Waals surface area contributed by atoms with E-state index in [0.29, 0.717) is 18.1 Å². The summed E-state index contributed by atoms with van der Waals surface area (Å²) in [7, 11) is 2.05. The van der Waals surface area contributed by atoms with E-state index in [2.05, 4.69) is 19.3 Å². The van der Waals surface area contributed by atoms with E-state index in [1.807, 2.05) is 0 Å². The van der Waals surface area contributed by atoms with Gasteiger partial charge in [-0.25, -0.2) is 0 Å². The fourth-order valence-electron chi connectivity index (χ4n) is 2.65. The first kappa shape index (κ1) is 11.4. The largest absolute Gasteiger partial charge is 0.381 e. The maximum Gasteiger partial charge on any atom is 0.0759 e. The van der Waals surface area contributed by atoms with Crippen molar-refractivity contribution in [1.29, 1.82) is 0 Å². The van der Waals surface area contributed by atoms with Gasteiger partial charge in [-0.1, -0.05) is 0 Å². The van der Waals surface area contributed by atoms with Gasteiger partial charge in [0, 0.05) is 25.2 Å². The van der Waals surface area contributed by atoms with Crippen molar-refractivity contribution in [2.45, 2.75) is 38.3 Å². The minimum Gasteiger partial charge on any atom is -0.381 e. The topological polar surface area (TPSA) is 30.5 Å². The SMILES string of the molecule is CCOC(C1CC1)C(NC)C1CCOC1. The molecule has 0 bridgehead atoms. The summed E-state index contributed by atoms with van der Waals surface area (Å²) in [6.45, 7) is 4.74. The van der Waals surface area contributed by atoms with Crippen LogP contribution in [0.5, 0.6) is 0 Å². The van der Waals surface area contributed by atoms with Gasteiger partial charge in [-0.3, -0.25) is 0 Å². The summed E-state index contributed by atoms with van der Waals surface area (Å²) >= 11 is 0. The lowest BCUT2D eigenvalue weighted by Gasteiger charge is -2.30. The van der Waals surface area contributed by atoms with Crippen LogP contribution in [0.25, 0.3) is 0 Å². The first-order chi connectivity index (χ1) is 7.36. The van der Waals surface area contributed by atoms with Crippen molar-refractivity contribution in [3.63, 3.8) is 0 Å². The van der Waals surface area contributed by atoms with Crippen LogP contribution in [0, 0.1) is 11.8 Å². The van der Waals surface area contributed by atoms with E-state index in [0.717, 1.165) is 25.7 Å². The molecule has 1 aliphatic heterocycles. The maximum absolute atomic E-state index is 5.91. The summed E-state index contributed by atoms with van der Waals surface area (Å²) in [5.41, 5.74) is 0. The van der Waals surface area contributed by atoms with Crippen LogP contribution in [0.15, 0.2) is 0 Å². The van der Waals surface area contributed by atoms with Gasteiger partial charge >= 0.3 is 0 Å². The second kappa shape index (κ2) is 5.28. The van der Waals surface area contributed by atoms with Crippen molar-refractivity contribution in [1.82, 2.24) is 5.32 Å². The van der Waals surface area contributed by atoms with Gasteiger partial charge in [0.15, 0.2) is 0 Å². The molecular formula is C12H23NO2. The van der Waals surface area contributed by atoms with E-state index >= 15 is 0 Å². The van der Waals surface area contributed by atoms with Crippen molar-refractivity contribution in [2.24, 2.45) is 11.8 Å². The second-order valence-corrected chi connectivity index (χ2v) is 4.70. The first-order valence-electron chi connectivity index (χ1n) is 6.23. The smallest absolute Gasteiger partial charge is 0.0759 e. The molecule has 1 saturated heterocycles. The zero-order chi connectivity index (χ0) is 10.7. The molecule has 0 amide bonds. The summed E-state index contributed by atoms with van der Waals surface area (Å²) < 4.78 is 11.4. The molecule has 2 aliphatic rings. The Morgan fingerprint density at radius 2 is 2.13 bits per heavy atom. The third-order valence-electron chi connectivity index (χ3n) is 3.61. The highest BCUT2D eigenvalue weighted by molar-refractivity contribution is 4.94. The number of hydrogen-bond donors (Lipinski definition) is 1. The Labute approximate surface area is 92.5 Å². The van der Waals surface area contributed by atoms with Crippen molar-refractivity contribution in [3.8, 4) is 0 Å². The predicted octanol–water partition coefficient (Wildman–Crippen LogP) is 1.43. The first-order valence-corrected chi connectivity index (χ1v) is 6.23. The van der Waals surface area contributed by atoms with Crippen molar-refractivity contribution >= 4 is 0 Å². The molecular weight excluding hydrogens is 190 g/mol. The molecule has 0 spiro atoms. The molecule has 1 heterocycles. The Morgan fingerprint density at radius 3 is 2.60 bits per heavy atom. The Kier molecular flexibility index (Phi) is 4.00. The normalized spacial score (nSPS) is 30.4. The van der Waals surface area contributed by atoms with E-state index in [1.54, 1.807) is 0 Å². The average Bonchev–Trinajstić information content (AvgIpc) is 2.96. The third-order valence-corrected chi connectivity index (χ3v) is 3.61. The van der Waals surface area contributed by atoms with Gasteiger partial charge in [-0.2, -0.15) is 0 Å². The Morgan fingerprint density at radius 1 is 1.33 bits per heavy atom. The predicted molar refractivity (Wildman–Crippen MR) is 59.9 cm³/mol. The van der Waals surface area contributed by atoms with Crippen LogP contribution in [-0.4, -0.2) is 39.0 Å².